The van der Waals surface area contributed by atoms with E-state index < -0.39 is 0 Å². The van der Waals surface area contributed by atoms with Crippen LogP contribution in [0.25, 0.3) is 0 Å². The maximum Gasteiger partial charge on any atom is 0.189 e. The van der Waals surface area contributed by atoms with E-state index in [1.54, 1.807) is 0 Å². The van der Waals surface area contributed by atoms with Crippen LogP contribution in [0.5, 0.6) is 11.5 Å². The summed E-state index contributed by atoms with van der Waals surface area (Å²) in [6.45, 7) is 0.498. The molecule has 3 aromatic rings. The highest BCUT2D eigenvalue weighted by atomic mass is 16.5. The van der Waals surface area contributed by atoms with Gasteiger partial charge in [0.05, 0.1) is 0 Å². The topological polar surface area (TPSA) is 75.2 Å². The van der Waals surface area contributed by atoms with Gasteiger partial charge >= 0.3 is 0 Å². The second-order valence-electron chi connectivity index (χ2n) is 4.61. The van der Waals surface area contributed by atoms with E-state index in [-0.39, 0.29) is 13.2 Å². The summed E-state index contributed by atoms with van der Waals surface area (Å²) in [7, 11) is 0. The van der Waals surface area contributed by atoms with Gasteiger partial charge in [-0.05, 0) is 24.3 Å². The molecule has 22 heavy (non-hydrogen) atoms. The van der Waals surface area contributed by atoms with Crippen LogP contribution in [0.1, 0.15) is 11.6 Å². The van der Waals surface area contributed by atoms with Crippen LogP contribution in [0.2, 0.25) is 0 Å². The summed E-state index contributed by atoms with van der Waals surface area (Å²) in [4.78, 5) is 0. The molecular weight excluding hydrogens is 280 g/mol. The Labute approximate surface area is 128 Å². The first kappa shape index (κ1) is 13.9. The number of hydrogen-bond acceptors (Lipinski definition) is 5. The molecule has 0 saturated carbocycles. The van der Waals surface area contributed by atoms with Crippen LogP contribution in [-0.4, -0.2) is 14.9 Å². The van der Waals surface area contributed by atoms with Gasteiger partial charge in [-0.25, -0.2) is 4.68 Å². The van der Waals surface area contributed by atoms with Crippen LogP contribution in [0.3, 0.4) is 0 Å². The summed E-state index contributed by atoms with van der Waals surface area (Å²) in [6.07, 6.45) is 0. The number of nitrogens with two attached hydrogens (primary N) is 1. The molecular formula is C16H16N4O2. The smallest absolute Gasteiger partial charge is 0.189 e. The quantitative estimate of drug-likeness (QED) is 0.705. The van der Waals surface area contributed by atoms with Gasteiger partial charge in [-0.2, -0.15) is 0 Å². The number of nitrogen functional groups attached to an aromatic ring is 1. The second kappa shape index (κ2) is 6.62. The number of ether oxygens (including phenoxy) is 2. The van der Waals surface area contributed by atoms with Crippen LogP contribution in [0.15, 0.2) is 60.7 Å². The van der Waals surface area contributed by atoms with Crippen molar-refractivity contribution in [3.8, 4) is 11.5 Å². The fraction of sp³-hybridized carbons (Fsp3) is 0.125. The van der Waals surface area contributed by atoms with Gasteiger partial charge in [0.2, 0.25) is 0 Å². The van der Waals surface area contributed by atoms with Crippen LogP contribution in [-0.2, 0) is 13.2 Å². The largest absolute Gasteiger partial charge is 0.486 e. The van der Waals surface area contributed by atoms with Crippen LogP contribution in [0.4, 0.5) is 0 Å². The number of aromatic nitrogens is 3. The molecule has 0 radical (unpaired) electrons. The molecule has 0 aliphatic carbocycles. The zero-order chi connectivity index (χ0) is 15.2. The molecule has 0 bridgehead atoms. The van der Waals surface area contributed by atoms with Crippen molar-refractivity contribution in [2.45, 2.75) is 13.2 Å². The SMILES string of the molecule is Nn1c(COc2ccccc2)nnc1COc1ccccc1. The Morgan fingerprint density at radius 3 is 1.55 bits per heavy atom. The summed E-state index contributed by atoms with van der Waals surface area (Å²) in [5.74, 6) is 8.55. The third-order valence-electron chi connectivity index (χ3n) is 3.06. The molecule has 1 aromatic heterocycles. The van der Waals surface area contributed by atoms with E-state index >= 15 is 0 Å². The third kappa shape index (κ3) is 3.35. The van der Waals surface area contributed by atoms with Crippen LogP contribution < -0.4 is 15.3 Å². The van der Waals surface area contributed by atoms with Crippen molar-refractivity contribution in [3.63, 3.8) is 0 Å². The van der Waals surface area contributed by atoms with E-state index in [1.165, 1.54) is 4.68 Å². The first-order chi connectivity index (χ1) is 10.8. The zero-order valence-corrected chi connectivity index (χ0v) is 11.9. The fourth-order valence-corrected chi connectivity index (χ4v) is 1.89. The normalized spacial score (nSPS) is 10.4. The first-order valence-electron chi connectivity index (χ1n) is 6.87. The third-order valence-corrected chi connectivity index (χ3v) is 3.06. The Morgan fingerprint density at radius 2 is 1.14 bits per heavy atom. The summed E-state index contributed by atoms with van der Waals surface area (Å²) in [5, 5.41) is 8.05. The highest BCUT2D eigenvalue weighted by molar-refractivity contribution is 5.22. The number of rotatable bonds is 6. The number of benzene rings is 2. The monoisotopic (exact) mass is 296 g/mol. The molecule has 112 valence electrons. The molecule has 0 atom stereocenters. The summed E-state index contributed by atoms with van der Waals surface area (Å²) in [6, 6.07) is 19.0. The van der Waals surface area contributed by atoms with E-state index in [4.69, 9.17) is 15.3 Å². The molecule has 1 heterocycles. The Bertz CT molecular complexity index is 653. The summed E-state index contributed by atoms with van der Waals surface area (Å²) < 4.78 is 12.6. The fourth-order valence-electron chi connectivity index (χ4n) is 1.89. The number of hydrogen-bond donors (Lipinski definition) is 1. The van der Waals surface area contributed by atoms with E-state index in [0.717, 1.165) is 11.5 Å². The van der Waals surface area contributed by atoms with Crippen molar-refractivity contribution in [1.29, 1.82) is 0 Å². The zero-order valence-electron chi connectivity index (χ0n) is 11.9. The molecule has 0 fully saturated rings. The standard InChI is InChI=1S/C16H16N4O2/c17-20-15(11-21-13-7-3-1-4-8-13)18-19-16(20)12-22-14-9-5-2-6-10-14/h1-10H,11-12,17H2. The Balaban J connectivity index is 1.60. The highest BCUT2D eigenvalue weighted by Crippen LogP contribution is 2.12. The summed E-state index contributed by atoms with van der Waals surface area (Å²) >= 11 is 0. The minimum atomic E-state index is 0.249. The lowest BCUT2D eigenvalue weighted by Crippen LogP contribution is -2.19. The van der Waals surface area contributed by atoms with Gasteiger partial charge in [0, 0.05) is 0 Å². The lowest BCUT2D eigenvalue weighted by Gasteiger charge is -2.07. The Hall–Kier alpha value is -3.02. The Kier molecular flexibility index (Phi) is 4.20. The van der Waals surface area contributed by atoms with Gasteiger partial charge < -0.3 is 15.3 Å². The minimum absolute atomic E-state index is 0.249. The van der Waals surface area contributed by atoms with Crippen molar-refractivity contribution in [3.05, 3.63) is 72.3 Å². The molecule has 2 aromatic carbocycles. The molecule has 0 spiro atoms. The Morgan fingerprint density at radius 1 is 0.727 bits per heavy atom. The lowest BCUT2D eigenvalue weighted by molar-refractivity contribution is 0.283. The van der Waals surface area contributed by atoms with Gasteiger partial charge in [0.15, 0.2) is 11.6 Å². The van der Waals surface area contributed by atoms with Crippen molar-refractivity contribution in [2.24, 2.45) is 0 Å². The maximum atomic E-state index is 5.96. The van der Waals surface area contributed by atoms with Crippen molar-refractivity contribution >= 4 is 0 Å². The predicted octanol–water partition coefficient (Wildman–Crippen LogP) is 2.15. The average molecular weight is 296 g/mol. The molecule has 2 N–H and O–H groups in total. The molecule has 3 rings (SSSR count). The van der Waals surface area contributed by atoms with Gasteiger partial charge in [-0.1, -0.05) is 36.4 Å². The second-order valence-corrected chi connectivity index (χ2v) is 4.61. The first-order valence-corrected chi connectivity index (χ1v) is 6.87. The minimum Gasteiger partial charge on any atom is -0.486 e. The van der Waals surface area contributed by atoms with E-state index in [9.17, 15) is 0 Å². The van der Waals surface area contributed by atoms with E-state index in [0.29, 0.717) is 11.6 Å². The van der Waals surface area contributed by atoms with E-state index in [1.807, 2.05) is 60.7 Å². The van der Waals surface area contributed by atoms with Crippen LogP contribution >= 0.6 is 0 Å². The van der Waals surface area contributed by atoms with Crippen molar-refractivity contribution in [1.82, 2.24) is 14.9 Å². The van der Waals surface area contributed by atoms with Crippen molar-refractivity contribution < 1.29 is 9.47 Å². The van der Waals surface area contributed by atoms with Gasteiger partial charge in [0.1, 0.15) is 24.7 Å². The molecule has 0 saturated heterocycles. The lowest BCUT2D eigenvalue weighted by atomic mass is 10.3. The van der Waals surface area contributed by atoms with E-state index in [2.05, 4.69) is 10.2 Å². The molecule has 0 amide bonds. The summed E-state index contributed by atoms with van der Waals surface area (Å²) in [5.41, 5.74) is 0. The maximum absolute atomic E-state index is 5.96. The van der Waals surface area contributed by atoms with Gasteiger partial charge in [-0.3, -0.25) is 0 Å². The highest BCUT2D eigenvalue weighted by Gasteiger charge is 2.10. The number of nitrogens with zero attached hydrogens (tertiary/aromatic N) is 3. The number of para-hydroxylation sites is 2. The molecule has 6 heteroatoms. The van der Waals surface area contributed by atoms with Gasteiger partial charge in [0.25, 0.3) is 0 Å². The van der Waals surface area contributed by atoms with Crippen molar-refractivity contribution in [2.75, 3.05) is 5.84 Å². The molecule has 0 aliphatic heterocycles. The molecule has 0 unspecified atom stereocenters. The molecule has 0 aliphatic rings. The van der Waals surface area contributed by atoms with Gasteiger partial charge in [-0.15, -0.1) is 10.2 Å². The predicted molar refractivity (Wildman–Crippen MR) is 81.7 cm³/mol. The molecule has 6 nitrogen and oxygen atoms in total. The van der Waals surface area contributed by atoms with Crippen LogP contribution in [0, 0.1) is 0 Å². The average Bonchev–Trinajstić information content (AvgIpc) is 2.93.